The van der Waals surface area contributed by atoms with Crippen LogP contribution in [0.3, 0.4) is 0 Å². The van der Waals surface area contributed by atoms with Gasteiger partial charge in [-0.15, -0.1) is 0 Å². The van der Waals surface area contributed by atoms with E-state index in [4.69, 9.17) is 0 Å². The van der Waals surface area contributed by atoms with E-state index in [0.29, 0.717) is 0 Å². The van der Waals surface area contributed by atoms with Gasteiger partial charge in [-0.05, 0) is 29.8 Å². The molecule has 2 aromatic rings. The van der Waals surface area contributed by atoms with Gasteiger partial charge in [-0.1, -0.05) is 18.2 Å². The predicted octanol–water partition coefficient (Wildman–Crippen LogP) is 2.61. The second-order valence-electron chi connectivity index (χ2n) is 5.98. The van der Waals surface area contributed by atoms with Crippen molar-refractivity contribution in [2.24, 2.45) is 0 Å². The number of sulfonamides is 1. The van der Waals surface area contributed by atoms with E-state index in [9.17, 15) is 35.2 Å². The normalized spacial score (nSPS) is 11.9. The Balaban J connectivity index is 2.13. The van der Waals surface area contributed by atoms with E-state index in [2.05, 4.69) is 0 Å². The van der Waals surface area contributed by atoms with Crippen LogP contribution in [0.25, 0.3) is 0 Å². The highest BCUT2D eigenvalue weighted by molar-refractivity contribution is 7.92. The van der Waals surface area contributed by atoms with Gasteiger partial charge >= 0.3 is 12.1 Å². The SMILES string of the molecule is CS(=O)(=O)N(Cc1ccc(CNNC(=O)C(F)(F)F)cc1F)c1cccc(F)c1. The average Bonchev–Trinajstić information content (AvgIpc) is 2.59. The number of benzene rings is 2. The molecule has 0 heterocycles. The minimum absolute atomic E-state index is 0.00695. The van der Waals surface area contributed by atoms with Crippen molar-refractivity contribution in [1.82, 2.24) is 10.9 Å². The third-order valence-corrected chi connectivity index (χ3v) is 4.82. The Morgan fingerprint density at radius 1 is 1.10 bits per heavy atom. The summed E-state index contributed by atoms with van der Waals surface area (Å²) in [5.41, 5.74) is 3.61. The minimum Gasteiger partial charge on any atom is -0.283 e. The maximum Gasteiger partial charge on any atom is 0.472 e. The van der Waals surface area contributed by atoms with Gasteiger partial charge < -0.3 is 0 Å². The van der Waals surface area contributed by atoms with Crippen LogP contribution in [0.5, 0.6) is 0 Å². The molecule has 0 saturated carbocycles. The molecule has 2 N–H and O–H groups in total. The number of amides is 1. The number of halogens is 5. The lowest BCUT2D eigenvalue weighted by molar-refractivity contribution is -0.174. The third-order valence-electron chi connectivity index (χ3n) is 3.68. The molecule has 0 aliphatic rings. The summed E-state index contributed by atoms with van der Waals surface area (Å²) in [5, 5.41) is 0. The number of nitrogens with zero attached hydrogens (tertiary/aromatic N) is 1. The van der Waals surface area contributed by atoms with Crippen molar-refractivity contribution in [2.45, 2.75) is 19.3 Å². The van der Waals surface area contributed by atoms with E-state index in [-0.39, 0.29) is 23.4 Å². The number of carbonyl (C=O) groups is 1. The van der Waals surface area contributed by atoms with Crippen LogP contribution < -0.4 is 15.2 Å². The first-order chi connectivity index (χ1) is 13.4. The van der Waals surface area contributed by atoms with Gasteiger partial charge in [-0.25, -0.2) is 22.6 Å². The smallest absolute Gasteiger partial charge is 0.283 e. The Kier molecular flexibility index (Phi) is 6.80. The molecule has 0 unspecified atom stereocenters. The molecule has 0 atom stereocenters. The van der Waals surface area contributed by atoms with Gasteiger partial charge in [0.2, 0.25) is 10.0 Å². The number of carbonyl (C=O) groups excluding carboxylic acids is 1. The summed E-state index contributed by atoms with van der Waals surface area (Å²) >= 11 is 0. The number of hydrazine groups is 1. The lowest BCUT2D eigenvalue weighted by atomic mass is 10.1. The van der Waals surface area contributed by atoms with Gasteiger partial charge in [0, 0.05) is 12.1 Å². The van der Waals surface area contributed by atoms with Crippen molar-refractivity contribution in [3.05, 3.63) is 65.2 Å². The number of hydrogen-bond donors (Lipinski definition) is 2. The Hall–Kier alpha value is -2.73. The van der Waals surface area contributed by atoms with E-state index in [0.717, 1.165) is 28.8 Å². The van der Waals surface area contributed by atoms with Gasteiger partial charge in [0.05, 0.1) is 18.5 Å². The van der Waals surface area contributed by atoms with Gasteiger partial charge in [0.25, 0.3) is 0 Å². The number of anilines is 1. The molecule has 0 aliphatic carbocycles. The molecule has 1 amide bonds. The van der Waals surface area contributed by atoms with Crippen LogP contribution in [0, 0.1) is 11.6 Å². The first-order valence-electron chi connectivity index (χ1n) is 7.98. The van der Waals surface area contributed by atoms with E-state index in [1.807, 2.05) is 5.43 Å². The van der Waals surface area contributed by atoms with Gasteiger partial charge in [-0.3, -0.25) is 14.5 Å². The minimum atomic E-state index is -5.06. The van der Waals surface area contributed by atoms with Crippen molar-refractivity contribution in [2.75, 3.05) is 10.6 Å². The van der Waals surface area contributed by atoms with E-state index < -0.39 is 40.3 Å². The van der Waals surface area contributed by atoms with Crippen molar-refractivity contribution < 1.29 is 35.2 Å². The molecule has 0 radical (unpaired) electrons. The van der Waals surface area contributed by atoms with Crippen LogP contribution in [0.1, 0.15) is 11.1 Å². The topological polar surface area (TPSA) is 78.5 Å². The summed E-state index contributed by atoms with van der Waals surface area (Å²) in [6.07, 6.45) is -4.18. The van der Waals surface area contributed by atoms with E-state index in [1.165, 1.54) is 29.7 Å². The van der Waals surface area contributed by atoms with Gasteiger partial charge in [0.1, 0.15) is 11.6 Å². The lowest BCUT2D eigenvalue weighted by Crippen LogP contribution is -2.44. The van der Waals surface area contributed by atoms with Crippen molar-refractivity contribution in [1.29, 1.82) is 0 Å². The van der Waals surface area contributed by atoms with Crippen molar-refractivity contribution in [3.8, 4) is 0 Å². The molecule has 0 spiro atoms. The summed E-state index contributed by atoms with van der Waals surface area (Å²) in [6, 6.07) is 8.35. The molecule has 6 nitrogen and oxygen atoms in total. The van der Waals surface area contributed by atoms with Crippen LogP contribution >= 0.6 is 0 Å². The van der Waals surface area contributed by atoms with Crippen LogP contribution in [0.15, 0.2) is 42.5 Å². The fraction of sp³-hybridized carbons (Fsp3) is 0.235. The Morgan fingerprint density at radius 3 is 2.34 bits per heavy atom. The number of rotatable bonds is 7. The van der Waals surface area contributed by atoms with Crippen molar-refractivity contribution in [3.63, 3.8) is 0 Å². The summed E-state index contributed by atoms with van der Waals surface area (Å²) in [6.45, 7) is -0.731. The molecule has 2 rings (SSSR count). The molecule has 0 saturated heterocycles. The Morgan fingerprint density at radius 2 is 1.79 bits per heavy atom. The molecule has 0 fully saturated rings. The first kappa shape index (κ1) is 22.6. The molecule has 2 aromatic carbocycles. The summed E-state index contributed by atoms with van der Waals surface area (Å²) < 4.78 is 89.0. The molecule has 29 heavy (non-hydrogen) atoms. The molecule has 0 aromatic heterocycles. The zero-order chi connectivity index (χ0) is 21.8. The highest BCUT2D eigenvalue weighted by Crippen LogP contribution is 2.23. The van der Waals surface area contributed by atoms with Crippen LogP contribution in [-0.4, -0.2) is 26.8 Å². The average molecular weight is 437 g/mol. The highest BCUT2D eigenvalue weighted by atomic mass is 32.2. The Labute approximate surface area is 163 Å². The zero-order valence-corrected chi connectivity index (χ0v) is 15.7. The van der Waals surface area contributed by atoms with Gasteiger partial charge in [-0.2, -0.15) is 13.2 Å². The molecule has 12 heteroatoms. The number of hydrogen-bond acceptors (Lipinski definition) is 4. The maximum absolute atomic E-state index is 14.4. The van der Waals surface area contributed by atoms with E-state index >= 15 is 0 Å². The highest BCUT2D eigenvalue weighted by Gasteiger charge is 2.38. The summed E-state index contributed by atoms with van der Waals surface area (Å²) in [7, 11) is -3.86. The molecule has 0 bridgehead atoms. The molecular formula is C17H16F5N3O3S. The number of nitrogens with one attached hydrogen (secondary N) is 2. The van der Waals surface area contributed by atoms with Gasteiger partial charge in [0.15, 0.2) is 0 Å². The second kappa shape index (κ2) is 8.74. The predicted molar refractivity (Wildman–Crippen MR) is 94.9 cm³/mol. The largest absolute Gasteiger partial charge is 0.472 e. The fourth-order valence-corrected chi connectivity index (χ4v) is 3.18. The lowest BCUT2D eigenvalue weighted by Gasteiger charge is -2.23. The first-order valence-corrected chi connectivity index (χ1v) is 9.83. The molecule has 0 aliphatic heterocycles. The zero-order valence-electron chi connectivity index (χ0n) is 14.9. The molecular weight excluding hydrogens is 421 g/mol. The van der Waals surface area contributed by atoms with Crippen LogP contribution in [0.2, 0.25) is 0 Å². The number of alkyl halides is 3. The maximum atomic E-state index is 14.4. The van der Waals surface area contributed by atoms with Crippen LogP contribution in [-0.2, 0) is 27.9 Å². The third kappa shape index (κ3) is 6.39. The fourth-order valence-electron chi connectivity index (χ4n) is 2.31. The Bertz CT molecular complexity index is 996. The van der Waals surface area contributed by atoms with Crippen LogP contribution in [0.4, 0.5) is 27.6 Å². The standard InChI is InChI=1S/C17H16F5N3O3S/c1-29(27,28)25(14-4-2-3-13(18)8-14)10-12-6-5-11(7-15(12)19)9-23-24-16(26)17(20,21)22/h2-8,23H,9-10H2,1H3,(H,24,26). The monoisotopic (exact) mass is 437 g/mol. The summed E-state index contributed by atoms with van der Waals surface area (Å²) in [4.78, 5) is 10.7. The van der Waals surface area contributed by atoms with Crippen molar-refractivity contribution >= 4 is 21.6 Å². The second-order valence-corrected chi connectivity index (χ2v) is 7.89. The summed E-state index contributed by atoms with van der Waals surface area (Å²) in [5.74, 6) is -3.69. The van der Waals surface area contributed by atoms with E-state index in [1.54, 1.807) is 0 Å². The quantitative estimate of drug-likeness (QED) is 0.516. The molecule has 158 valence electrons.